The van der Waals surface area contributed by atoms with Gasteiger partial charge in [-0.25, -0.2) is 0 Å². The highest BCUT2D eigenvalue weighted by molar-refractivity contribution is 6.36. The summed E-state index contributed by atoms with van der Waals surface area (Å²) in [5, 5.41) is 6.66. The normalized spacial score (nSPS) is 14.3. The third-order valence-corrected chi connectivity index (χ3v) is 4.02. The van der Waals surface area contributed by atoms with Crippen LogP contribution in [0.5, 0.6) is 0 Å². The van der Waals surface area contributed by atoms with Crippen LogP contribution < -0.4 is 10.6 Å². The van der Waals surface area contributed by atoms with Gasteiger partial charge in [-0.15, -0.1) is 0 Å². The first kappa shape index (κ1) is 17.1. The molecule has 2 amide bonds. The van der Waals surface area contributed by atoms with Gasteiger partial charge < -0.3 is 15.5 Å². The van der Waals surface area contributed by atoms with Crippen molar-refractivity contribution in [1.82, 2.24) is 10.2 Å². The Morgan fingerprint density at radius 2 is 2.09 bits per heavy atom. The topological polar surface area (TPSA) is 61.4 Å². The van der Waals surface area contributed by atoms with Gasteiger partial charge in [0.15, 0.2) is 0 Å². The lowest BCUT2D eigenvalue weighted by molar-refractivity contribution is -0.139. The molecule has 120 valence electrons. The number of amides is 2. The van der Waals surface area contributed by atoms with Gasteiger partial charge in [0.2, 0.25) is 11.8 Å². The maximum absolute atomic E-state index is 12.3. The number of benzene rings is 1. The van der Waals surface area contributed by atoms with Gasteiger partial charge in [-0.1, -0.05) is 30.1 Å². The number of anilines is 1. The molecule has 0 atom stereocenters. The molecule has 0 bridgehead atoms. The standard InChI is InChI=1S/C15H19Cl2N3O2/c1-2-5-20(15(22)10-7-18-8-10)9-14(21)19-13-4-3-11(16)6-12(13)17/h3-4,6,10,18H,2,5,7-9H2,1H3,(H,19,21). The predicted octanol–water partition coefficient (Wildman–Crippen LogP) is 2.39. The highest BCUT2D eigenvalue weighted by Gasteiger charge is 2.29. The van der Waals surface area contributed by atoms with Crippen molar-refractivity contribution < 1.29 is 9.59 Å². The molecule has 0 aromatic heterocycles. The molecule has 7 heteroatoms. The quantitative estimate of drug-likeness (QED) is 0.833. The van der Waals surface area contributed by atoms with Crippen LogP contribution in [0.4, 0.5) is 5.69 Å². The van der Waals surface area contributed by atoms with E-state index in [9.17, 15) is 9.59 Å². The number of hydrogen-bond acceptors (Lipinski definition) is 3. The number of halogens is 2. The average molecular weight is 344 g/mol. The predicted molar refractivity (Wildman–Crippen MR) is 88.3 cm³/mol. The third kappa shape index (κ3) is 4.35. The molecular weight excluding hydrogens is 325 g/mol. The summed E-state index contributed by atoms with van der Waals surface area (Å²) in [6, 6.07) is 4.86. The SMILES string of the molecule is CCCN(CC(=O)Nc1ccc(Cl)cc1Cl)C(=O)C1CNC1. The molecule has 0 saturated carbocycles. The van der Waals surface area contributed by atoms with Crippen LogP contribution in [-0.4, -0.2) is 42.9 Å². The summed E-state index contributed by atoms with van der Waals surface area (Å²) in [5.41, 5.74) is 0.491. The Bertz CT molecular complexity index is 562. The minimum atomic E-state index is -0.265. The van der Waals surface area contributed by atoms with Gasteiger partial charge in [0.1, 0.15) is 0 Å². The van der Waals surface area contributed by atoms with Gasteiger partial charge >= 0.3 is 0 Å². The molecule has 1 saturated heterocycles. The summed E-state index contributed by atoms with van der Waals surface area (Å²) in [4.78, 5) is 26.0. The van der Waals surface area contributed by atoms with E-state index in [0.29, 0.717) is 35.4 Å². The average Bonchev–Trinajstić information content (AvgIpc) is 2.39. The number of nitrogens with one attached hydrogen (secondary N) is 2. The zero-order valence-corrected chi connectivity index (χ0v) is 13.9. The second-order valence-electron chi connectivity index (χ2n) is 5.29. The molecule has 1 heterocycles. The van der Waals surface area contributed by atoms with E-state index in [1.807, 2.05) is 6.92 Å². The van der Waals surface area contributed by atoms with E-state index in [2.05, 4.69) is 10.6 Å². The van der Waals surface area contributed by atoms with Crippen LogP contribution in [0, 0.1) is 5.92 Å². The Morgan fingerprint density at radius 1 is 1.36 bits per heavy atom. The molecule has 5 nitrogen and oxygen atoms in total. The fraction of sp³-hybridized carbons (Fsp3) is 0.467. The molecular formula is C15H19Cl2N3O2. The molecule has 22 heavy (non-hydrogen) atoms. The largest absolute Gasteiger partial charge is 0.333 e. The van der Waals surface area contributed by atoms with E-state index in [4.69, 9.17) is 23.2 Å². The minimum absolute atomic E-state index is 0.0153. The Labute approximate surface area is 139 Å². The minimum Gasteiger partial charge on any atom is -0.333 e. The summed E-state index contributed by atoms with van der Waals surface area (Å²) in [6.07, 6.45) is 0.806. The van der Waals surface area contributed by atoms with Crippen LogP contribution in [0.25, 0.3) is 0 Å². The van der Waals surface area contributed by atoms with Gasteiger partial charge in [-0.2, -0.15) is 0 Å². The summed E-state index contributed by atoms with van der Waals surface area (Å²) < 4.78 is 0. The van der Waals surface area contributed by atoms with Crippen LogP contribution in [0.2, 0.25) is 10.0 Å². The van der Waals surface area contributed by atoms with Gasteiger partial charge in [0.25, 0.3) is 0 Å². The number of hydrogen-bond donors (Lipinski definition) is 2. The van der Waals surface area contributed by atoms with E-state index in [0.717, 1.165) is 6.42 Å². The number of rotatable bonds is 6. The smallest absolute Gasteiger partial charge is 0.244 e. The van der Waals surface area contributed by atoms with Crippen LogP contribution in [0.15, 0.2) is 18.2 Å². The van der Waals surface area contributed by atoms with Crippen molar-refractivity contribution in [2.24, 2.45) is 5.92 Å². The molecule has 1 aromatic carbocycles. The monoisotopic (exact) mass is 343 g/mol. The highest BCUT2D eigenvalue weighted by atomic mass is 35.5. The fourth-order valence-corrected chi connectivity index (χ4v) is 2.67. The van der Waals surface area contributed by atoms with E-state index < -0.39 is 0 Å². The molecule has 1 aliphatic rings. The zero-order valence-electron chi connectivity index (χ0n) is 12.4. The first-order valence-electron chi connectivity index (χ1n) is 7.25. The Morgan fingerprint density at radius 3 is 2.64 bits per heavy atom. The fourth-order valence-electron chi connectivity index (χ4n) is 2.21. The first-order valence-corrected chi connectivity index (χ1v) is 8.01. The lowest BCUT2D eigenvalue weighted by Gasteiger charge is -2.32. The molecule has 1 aromatic rings. The zero-order chi connectivity index (χ0) is 16.1. The van der Waals surface area contributed by atoms with Crippen molar-refractivity contribution in [2.75, 3.05) is 31.5 Å². The van der Waals surface area contributed by atoms with Crippen LogP contribution in [0.1, 0.15) is 13.3 Å². The number of carbonyl (C=O) groups is 2. The number of nitrogens with zero attached hydrogens (tertiary/aromatic N) is 1. The summed E-state index contributed by atoms with van der Waals surface area (Å²) in [5.74, 6) is -0.255. The lowest BCUT2D eigenvalue weighted by Crippen LogP contribution is -2.53. The van der Waals surface area contributed by atoms with Crippen molar-refractivity contribution in [1.29, 1.82) is 0 Å². The van der Waals surface area contributed by atoms with Gasteiger partial charge in [-0.3, -0.25) is 9.59 Å². The van der Waals surface area contributed by atoms with Crippen molar-refractivity contribution in [3.63, 3.8) is 0 Å². The Kier molecular flexibility index (Phi) is 6.06. The number of carbonyl (C=O) groups excluding carboxylic acids is 2. The van der Waals surface area contributed by atoms with Crippen molar-refractivity contribution in [2.45, 2.75) is 13.3 Å². The molecule has 0 unspecified atom stereocenters. The van der Waals surface area contributed by atoms with Gasteiger partial charge in [-0.05, 0) is 24.6 Å². The van der Waals surface area contributed by atoms with Gasteiger partial charge in [0, 0.05) is 24.7 Å². The highest BCUT2D eigenvalue weighted by Crippen LogP contribution is 2.25. The maximum Gasteiger partial charge on any atom is 0.244 e. The van der Waals surface area contributed by atoms with Crippen molar-refractivity contribution in [3.8, 4) is 0 Å². The Hall–Kier alpha value is -1.30. The first-order chi connectivity index (χ1) is 10.5. The molecule has 0 spiro atoms. The summed E-state index contributed by atoms with van der Waals surface area (Å²) in [6.45, 7) is 3.94. The van der Waals surface area contributed by atoms with E-state index in [1.54, 1.807) is 23.1 Å². The second-order valence-corrected chi connectivity index (χ2v) is 6.13. The Balaban J connectivity index is 1.96. The molecule has 2 N–H and O–H groups in total. The van der Waals surface area contributed by atoms with Crippen LogP contribution in [-0.2, 0) is 9.59 Å². The van der Waals surface area contributed by atoms with E-state index in [-0.39, 0.29) is 24.3 Å². The van der Waals surface area contributed by atoms with Crippen LogP contribution >= 0.6 is 23.2 Å². The maximum atomic E-state index is 12.3. The van der Waals surface area contributed by atoms with Crippen molar-refractivity contribution in [3.05, 3.63) is 28.2 Å². The van der Waals surface area contributed by atoms with E-state index >= 15 is 0 Å². The molecule has 1 fully saturated rings. The molecule has 0 aliphatic carbocycles. The summed E-state index contributed by atoms with van der Waals surface area (Å²) in [7, 11) is 0. The van der Waals surface area contributed by atoms with Gasteiger partial charge in [0.05, 0.1) is 23.2 Å². The van der Waals surface area contributed by atoms with Crippen molar-refractivity contribution >= 4 is 40.7 Å². The lowest BCUT2D eigenvalue weighted by atomic mass is 10.0. The second kappa shape index (κ2) is 7.81. The van der Waals surface area contributed by atoms with Crippen LogP contribution in [0.3, 0.4) is 0 Å². The molecule has 0 radical (unpaired) electrons. The summed E-state index contributed by atoms with van der Waals surface area (Å²) >= 11 is 11.8. The van der Waals surface area contributed by atoms with E-state index in [1.165, 1.54) is 0 Å². The molecule has 2 rings (SSSR count). The molecule has 1 aliphatic heterocycles. The third-order valence-electron chi connectivity index (χ3n) is 3.48.